The van der Waals surface area contributed by atoms with Crippen molar-refractivity contribution in [2.45, 2.75) is 19.5 Å². The summed E-state index contributed by atoms with van der Waals surface area (Å²) in [5.74, 6) is -1.21. The first-order chi connectivity index (χ1) is 13.4. The fourth-order valence-electron chi connectivity index (χ4n) is 2.92. The molecule has 2 heterocycles. The maximum Gasteiger partial charge on any atom is 0.322 e. The summed E-state index contributed by atoms with van der Waals surface area (Å²) in [6.07, 6.45) is 1.22. The van der Waals surface area contributed by atoms with Gasteiger partial charge in [0.1, 0.15) is 18.4 Å². The number of halogens is 1. The fraction of sp³-hybridized carbons (Fsp3) is 0.211. The third-order valence-corrected chi connectivity index (χ3v) is 4.30. The van der Waals surface area contributed by atoms with Crippen LogP contribution in [-0.4, -0.2) is 28.4 Å². The van der Waals surface area contributed by atoms with Crippen molar-refractivity contribution in [3.63, 3.8) is 0 Å². The van der Waals surface area contributed by atoms with Crippen LogP contribution in [0.25, 0.3) is 0 Å². The maximum atomic E-state index is 14.0. The number of fused-ring (bicyclic) bond motifs is 1. The number of hydrogen-bond donors (Lipinski definition) is 2. The van der Waals surface area contributed by atoms with Crippen molar-refractivity contribution in [1.82, 2.24) is 15.2 Å². The smallest absolute Gasteiger partial charge is 0.322 e. The predicted molar refractivity (Wildman–Crippen MR) is 96.1 cm³/mol. The number of urea groups is 1. The van der Waals surface area contributed by atoms with Gasteiger partial charge in [-0.05, 0) is 25.1 Å². The molecule has 3 rings (SSSR count). The summed E-state index contributed by atoms with van der Waals surface area (Å²) in [4.78, 5) is 29.7. The highest BCUT2D eigenvalue weighted by Gasteiger charge is 2.27. The summed E-state index contributed by atoms with van der Waals surface area (Å²) in [5.41, 5.74) is 1.66. The van der Waals surface area contributed by atoms with E-state index in [9.17, 15) is 19.2 Å². The summed E-state index contributed by atoms with van der Waals surface area (Å²) in [6.45, 7) is 1.39. The quantitative estimate of drug-likeness (QED) is 0.844. The maximum absolute atomic E-state index is 14.0. The number of nitrogens with one attached hydrogen (secondary N) is 2. The highest BCUT2D eigenvalue weighted by Crippen LogP contribution is 2.26. The Morgan fingerprint density at radius 2 is 2.21 bits per heavy atom. The predicted octanol–water partition coefficient (Wildman–Crippen LogP) is 2.19. The molecule has 0 fully saturated rings. The van der Waals surface area contributed by atoms with Gasteiger partial charge in [0, 0.05) is 17.4 Å². The van der Waals surface area contributed by atoms with Gasteiger partial charge in [0.25, 0.3) is 0 Å². The van der Waals surface area contributed by atoms with Gasteiger partial charge in [-0.2, -0.15) is 10.5 Å². The van der Waals surface area contributed by atoms with E-state index in [4.69, 9.17) is 5.26 Å². The molecule has 0 saturated heterocycles. The van der Waals surface area contributed by atoms with Crippen molar-refractivity contribution >= 4 is 17.6 Å². The van der Waals surface area contributed by atoms with Gasteiger partial charge in [0.15, 0.2) is 0 Å². The number of carbonyl (C=O) groups excluding carboxylic acids is 2. The van der Waals surface area contributed by atoms with E-state index in [0.717, 1.165) is 6.07 Å². The summed E-state index contributed by atoms with van der Waals surface area (Å²) in [5, 5.41) is 23.2. The first-order valence-corrected chi connectivity index (χ1v) is 8.35. The van der Waals surface area contributed by atoms with Crippen LogP contribution in [0.3, 0.4) is 0 Å². The van der Waals surface area contributed by atoms with E-state index in [1.54, 1.807) is 31.2 Å². The Labute approximate surface area is 160 Å². The number of nitrogens with zero attached hydrogens (tertiary/aromatic N) is 4. The minimum Gasteiger partial charge on any atom is -0.346 e. The summed E-state index contributed by atoms with van der Waals surface area (Å²) >= 11 is 0. The molecule has 3 amide bonds. The third-order valence-electron chi connectivity index (χ3n) is 4.30. The van der Waals surface area contributed by atoms with Crippen LogP contribution in [0.1, 0.15) is 35.3 Å². The minimum absolute atomic E-state index is 0.00689. The summed E-state index contributed by atoms with van der Waals surface area (Å²) in [6, 6.07) is 8.66. The van der Waals surface area contributed by atoms with Gasteiger partial charge in [0.05, 0.1) is 35.5 Å². The van der Waals surface area contributed by atoms with Gasteiger partial charge in [-0.25, -0.2) is 9.18 Å². The van der Waals surface area contributed by atoms with E-state index in [1.807, 2.05) is 0 Å². The molecule has 8 nitrogen and oxygen atoms in total. The van der Waals surface area contributed by atoms with E-state index in [1.165, 1.54) is 11.1 Å². The standard InChI is InChI=1S/C19H15FN6O2/c1-11(18-15(20)5-12(6-21)8-23-18)24-17(27)10-26-9-14-13(7-22)3-2-4-16(14)25-19(26)28/h2-5,8,11H,9-10H2,1H3,(H,24,27)(H,25,28)/t11-/m0/s1. The Morgan fingerprint density at radius 3 is 2.89 bits per heavy atom. The molecule has 28 heavy (non-hydrogen) atoms. The van der Waals surface area contributed by atoms with Gasteiger partial charge >= 0.3 is 6.03 Å². The van der Waals surface area contributed by atoms with E-state index >= 15 is 0 Å². The zero-order valence-electron chi connectivity index (χ0n) is 14.9. The molecule has 0 radical (unpaired) electrons. The van der Waals surface area contributed by atoms with Crippen molar-refractivity contribution in [3.05, 3.63) is 58.7 Å². The molecule has 1 aromatic carbocycles. The number of aromatic nitrogens is 1. The zero-order chi connectivity index (χ0) is 20.3. The Kier molecular flexibility index (Phi) is 5.18. The Hall–Kier alpha value is -3.98. The second-order valence-corrected chi connectivity index (χ2v) is 6.22. The fourth-order valence-corrected chi connectivity index (χ4v) is 2.92. The topological polar surface area (TPSA) is 122 Å². The number of anilines is 1. The van der Waals surface area contributed by atoms with E-state index in [0.29, 0.717) is 16.8 Å². The summed E-state index contributed by atoms with van der Waals surface area (Å²) in [7, 11) is 0. The summed E-state index contributed by atoms with van der Waals surface area (Å²) < 4.78 is 14.0. The van der Waals surface area contributed by atoms with Crippen molar-refractivity contribution in [2.75, 3.05) is 11.9 Å². The lowest BCUT2D eigenvalue weighted by atomic mass is 10.0. The van der Waals surface area contributed by atoms with E-state index in [2.05, 4.69) is 21.7 Å². The molecular weight excluding hydrogens is 363 g/mol. The second-order valence-electron chi connectivity index (χ2n) is 6.22. The Morgan fingerprint density at radius 1 is 1.43 bits per heavy atom. The van der Waals surface area contributed by atoms with Crippen molar-refractivity contribution in [1.29, 1.82) is 10.5 Å². The molecule has 0 bridgehead atoms. The minimum atomic E-state index is -0.755. The molecule has 140 valence electrons. The van der Waals surface area contributed by atoms with Gasteiger partial charge in [0.2, 0.25) is 5.91 Å². The molecule has 0 spiro atoms. The molecule has 0 saturated carbocycles. The molecule has 0 aliphatic carbocycles. The van der Waals surface area contributed by atoms with Crippen LogP contribution in [0.15, 0.2) is 30.5 Å². The zero-order valence-corrected chi connectivity index (χ0v) is 14.9. The van der Waals surface area contributed by atoms with Crippen molar-refractivity contribution < 1.29 is 14.0 Å². The molecule has 1 aliphatic heterocycles. The molecule has 1 aliphatic rings. The van der Waals surface area contributed by atoms with Gasteiger partial charge in [-0.3, -0.25) is 9.78 Å². The molecular formula is C19H15FN6O2. The SMILES string of the molecule is C[C@H](NC(=O)CN1Cc2c(C#N)cccc2NC1=O)c1ncc(C#N)cc1F. The third kappa shape index (κ3) is 3.74. The van der Waals surface area contributed by atoms with Crippen LogP contribution in [0.5, 0.6) is 0 Å². The monoisotopic (exact) mass is 378 g/mol. The number of carbonyl (C=O) groups is 2. The first-order valence-electron chi connectivity index (χ1n) is 8.35. The van der Waals surface area contributed by atoms with E-state index in [-0.39, 0.29) is 24.3 Å². The number of hydrogen-bond acceptors (Lipinski definition) is 5. The highest BCUT2D eigenvalue weighted by atomic mass is 19.1. The highest BCUT2D eigenvalue weighted by molar-refractivity contribution is 5.95. The molecule has 9 heteroatoms. The Balaban J connectivity index is 1.69. The number of benzene rings is 1. The van der Waals surface area contributed by atoms with Crippen LogP contribution in [0.4, 0.5) is 14.9 Å². The van der Waals surface area contributed by atoms with Crippen LogP contribution in [-0.2, 0) is 11.3 Å². The van der Waals surface area contributed by atoms with E-state index < -0.39 is 23.8 Å². The van der Waals surface area contributed by atoms with Crippen molar-refractivity contribution in [2.24, 2.45) is 0 Å². The van der Waals surface area contributed by atoms with Gasteiger partial charge in [-0.1, -0.05) is 6.07 Å². The largest absolute Gasteiger partial charge is 0.346 e. The van der Waals surface area contributed by atoms with Crippen LogP contribution < -0.4 is 10.6 Å². The number of pyridine rings is 1. The normalized spacial score (nSPS) is 13.6. The van der Waals surface area contributed by atoms with Crippen LogP contribution >= 0.6 is 0 Å². The lowest BCUT2D eigenvalue weighted by Gasteiger charge is -2.29. The second kappa shape index (κ2) is 7.72. The van der Waals surface area contributed by atoms with Crippen LogP contribution in [0.2, 0.25) is 0 Å². The van der Waals surface area contributed by atoms with Gasteiger partial charge in [-0.15, -0.1) is 0 Å². The number of amides is 3. The average molecular weight is 378 g/mol. The lowest BCUT2D eigenvalue weighted by molar-refractivity contribution is -0.122. The molecule has 0 unspecified atom stereocenters. The number of rotatable bonds is 4. The lowest BCUT2D eigenvalue weighted by Crippen LogP contribution is -2.45. The average Bonchev–Trinajstić information content (AvgIpc) is 2.67. The Bertz CT molecular complexity index is 1040. The molecule has 1 aromatic heterocycles. The van der Waals surface area contributed by atoms with Crippen molar-refractivity contribution in [3.8, 4) is 12.1 Å². The molecule has 2 aromatic rings. The molecule has 2 N–H and O–H groups in total. The van der Waals surface area contributed by atoms with Gasteiger partial charge < -0.3 is 15.5 Å². The van der Waals surface area contributed by atoms with Crippen LogP contribution in [0, 0.1) is 28.5 Å². The first kappa shape index (κ1) is 18.8. The molecule has 1 atom stereocenters. The number of nitriles is 2.